The Kier molecular flexibility index (Phi) is 3.03. The summed E-state index contributed by atoms with van der Waals surface area (Å²) in [6.45, 7) is 5.72. The SMILES string of the molecule is CC(C)(C)c1ncc(C(F)(F)F)cc1OC1CC1. The van der Waals surface area contributed by atoms with Crippen LogP contribution in [-0.4, -0.2) is 11.1 Å². The third-order valence-corrected chi connectivity index (χ3v) is 2.71. The van der Waals surface area contributed by atoms with E-state index in [4.69, 9.17) is 4.74 Å². The van der Waals surface area contributed by atoms with E-state index in [0.717, 1.165) is 25.1 Å². The molecule has 0 amide bonds. The predicted molar refractivity (Wildman–Crippen MR) is 61.6 cm³/mol. The summed E-state index contributed by atoms with van der Waals surface area (Å²) in [7, 11) is 0. The average Bonchev–Trinajstić information content (AvgIpc) is 2.98. The fraction of sp³-hybridized carbons (Fsp3) is 0.615. The Balaban J connectivity index is 2.41. The fourth-order valence-electron chi connectivity index (χ4n) is 1.62. The van der Waals surface area contributed by atoms with Gasteiger partial charge in [-0.2, -0.15) is 13.2 Å². The molecule has 0 unspecified atom stereocenters. The van der Waals surface area contributed by atoms with E-state index < -0.39 is 11.7 Å². The lowest BCUT2D eigenvalue weighted by Gasteiger charge is -2.22. The third kappa shape index (κ3) is 2.94. The van der Waals surface area contributed by atoms with Crippen LogP contribution in [0.15, 0.2) is 12.3 Å². The van der Waals surface area contributed by atoms with E-state index in [-0.39, 0.29) is 17.3 Å². The first-order valence-electron chi connectivity index (χ1n) is 5.92. The number of halogens is 3. The minimum atomic E-state index is -4.38. The summed E-state index contributed by atoms with van der Waals surface area (Å²) in [5.41, 5.74) is -0.525. The maximum Gasteiger partial charge on any atom is 0.418 e. The van der Waals surface area contributed by atoms with Gasteiger partial charge in [-0.25, -0.2) is 0 Å². The highest BCUT2D eigenvalue weighted by molar-refractivity contribution is 5.37. The predicted octanol–water partition coefficient (Wildman–Crippen LogP) is 3.94. The average molecular weight is 259 g/mol. The minimum Gasteiger partial charge on any atom is -0.488 e. The van der Waals surface area contributed by atoms with E-state index in [0.29, 0.717) is 5.69 Å². The van der Waals surface area contributed by atoms with Crippen LogP contribution in [0.1, 0.15) is 44.9 Å². The third-order valence-electron chi connectivity index (χ3n) is 2.71. The summed E-state index contributed by atoms with van der Waals surface area (Å²) in [5, 5.41) is 0. The fourth-order valence-corrected chi connectivity index (χ4v) is 1.62. The van der Waals surface area contributed by atoms with Crippen molar-refractivity contribution < 1.29 is 17.9 Å². The van der Waals surface area contributed by atoms with Gasteiger partial charge >= 0.3 is 6.18 Å². The molecule has 1 aliphatic rings. The summed E-state index contributed by atoms with van der Waals surface area (Å²) >= 11 is 0. The molecule has 1 aromatic heterocycles. The molecule has 0 spiro atoms. The molecule has 18 heavy (non-hydrogen) atoms. The topological polar surface area (TPSA) is 22.1 Å². The van der Waals surface area contributed by atoms with Crippen LogP contribution >= 0.6 is 0 Å². The van der Waals surface area contributed by atoms with Gasteiger partial charge in [0.2, 0.25) is 0 Å². The van der Waals surface area contributed by atoms with Gasteiger partial charge in [-0.1, -0.05) is 20.8 Å². The smallest absolute Gasteiger partial charge is 0.418 e. The monoisotopic (exact) mass is 259 g/mol. The summed E-state index contributed by atoms with van der Waals surface area (Å²) in [6.07, 6.45) is -1.65. The van der Waals surface area contributed by atoms with Crippen LogP contribution in [0.3, 0.4) is 0 Å². The zero-order chi connectivity index (χ0) is 13.6. The van der Waals surface area contributed by atoms with E-state index in [1.807, 2.05) is 20.8 Å². The Bertz CT molecular complexity index is 445. The van der Waals surface area contributed by atoms with Crippen molar-refractivity contribution in [1.29, 1.82) is 0 Å². The Morgan fingerprint density at radius 2 is 1.83 bits per heavy atom. The van der Waals surface area contributed by atoms with Crippen molar-refractivity contribution in [1.82, 2.24) is 4.98 Å². The molecule has 2 nitrogen and oxygen atoms in total. The van der Waals surface area contributed by atoms with Crippen molar-refractivity contribution in [2.24, 2.45) is 0 Å². The number of rotatable bonds is 2. The van der Waals surface area contributed by atoms with Gasteiger partial charge in [0.15, 0.2) is 0 Å². The van der Waals surface area contributed by atoms with Gasteiger partial charge in [0, 0.05) is 11.6 Å². The second-order valence-electron chi connectivity index (χ2n) is 5.64. The van der Waals surface area contributed by atoms with Crippen LogP contribution < -0.4 is 4.74 Å². The van der Waals surface area contributed by atoms with Gasteiger partial charge in [0.05, 0.1) is 17.4 Å². The van der Waals surface area contributed by atoms with Crippen molar-refractivity contribution in [2.75, 3.05) is 0 Å². The van der Waals surface area contributed by atoms with Crippen molar-refractivity contribution in [2.45, 2.75) is 51.3 Å². The molecular weight excluding hydrogens is 243 g/mol. The molecule has 0 N–H and O–H groups in total. The molecule has 0 atom stereocenters. The number of pyridine rings is 1. The zero-order valence-corrected chi connectivity index (χ0v) is 10.6. The molecule has 1 fully saturated rings. The number of alkyl halides is 3. The highest BCUT2D eigenvalue weighted by atomic mass is 19.4. The lowest BCUT2D eigenvalue weighted by Crippen LogP contribution is -2.18. The molecule has 1 saturated carbocycles. The van der Waals surface area contributed by atoms with E-state index in [2.05, 4.69) is 4.98 Å². The Labute approximate surface area is 104 Å². The lowest BCUT2D eigenvalue weighted by atomic mass is 9.90. The van der Waals surface area contributed by atoms with E-state index >= 15 is 0 Å². The summed E-state index contributed by atoms with van der Waals surface area (Å²) in [6, 6.07) is 1.06. The molecular formula is C13H16F3NO. The van der Waals surface area contributed by atoms with Crippen molar-refractivity contribution in [3.8, 4) is 5.75 Å². The van der Waals surface area contributed by atoms with Crippen molar-refractivity contribution in [3.05, 3.63) is 23.5 Å². The molecule has 1 aliphatic carbocycles. The van der Waals surface area contributed by atoms with Crippen molar-refractivity contribution >= 4 is 0 Å². The van der Waals surface area contributed by atoms with E-state index in [1.165, 1.54) is 0 Å². The number of aromatic nitrogens is 1. The maximum absolute atomic E-state index is 12.7. The zero-order valence-electron chi connectivity index (χ0n) is 10.6. The van der Waals surface area contributed by atoms with Gasteiger partial charge < -0.3 is 4.74 Å². The molecule has 2 rings (SSSR count). The normalized spacial score (nSPS) is 16.8. The van der Waals surface area contributed by atoms with Gasteiger partial charge in [0.25, 0.3) is 0 Å². The van der Waals surface area contributed by atoms with Gasteiger partial charge in [-0.05, 0) is 18.9 Å². The Morgan fingerprint density at radius 3 is 2.28 bits per heavy atom. The maximum atomic E-state index is 12.7. The number of hydrogen-bond donors (Lipinski definition) is 0. The first-order chi connectivity index (χ1) is 8.18. The summed E-state index contributed by atoms with van der Waals surface area (Å²) in [4.78, 5) is 3.95. The molecule has 0 radical (unpaired) electrons. The van der Waals surface area contributed by atoms with Crippen LogP contribution in [0.25, 0.3) is 0 Å². The van der Waals surface area contributed by atoms with Crippen LogP contribution in [0.2, 0.25) is 0 Å². The number of ether oxygens (including phenoxy) is 1. The highest BCUT2D eigenvalue weighted by Gasteiger charge is 2.34. The molecule has 100 valence electrons. The summed E-state index contributed by atoms with van der Waals surface area (Å²) in [5.74, 6) is 0.264. The Hall–Kier alpha value is -1.26. The molecule has 0 saturated heterocycles. The van der Waals surface area contributed by atoms with Crippen LogP contribution in [0.5, 0.6) is 5.75 Å². The first-order valence-corrected chi connectivity index (χ1v) is 5.92. The molecule has 0 bridgehead atoms. The standard InChI is InChI=1S/C13H16F3NO/c1-12(2,3)11-10(18-9-4-5-9)6-8(7-17-11)13(14,15)16/h6-7,9H,4-5H2,1-3H3. The lowest BCUT2D eigenvalue weighted by molar-refractivity contribution is -0.138. The van der Waals surface area contributed by atoms with Gasteiger partial charge in [-0.3, -0.25) is 4.98 Å². The second-order valence-corrected chi connectivity index (χ2v) is 5.64. The highest BCUT2D eigenvalue weighted by Crippen LogP contribution is 2.38. The van der Waals surface area contributed by atoms with E-state index in [1.54, 1.807) is 0 Å². The van der Waals surface area contributed by atoms with Gasteiger partial charge in [0.1, 0.15) is 5.75 Å². The quantitative estimate of drug-likeness (QED) is 0.802. The van der Waals surface area contributed by atoms with Crippen molar-refractivity contribution in [3.63, 3.8) is 0 Å². The number of nitrogens with zero attached hydrogens (tertiary/aromatic N) is 1. The van der Waals surface area contributed by atoms with Crippen LogP contribution in [-0.2, 0) is 11.6 Å². The minimum absolute atomic E-state index is 0.0522. The number of hydrogen-bond acceptors (Lipinski definition) is 2. The van der Waals surface area contributed by atoms with Crippen LogP contribution in [0.4, 0.5) is 13.2 Å². The first kappa shape index (κ1) is 13.2. The molecule has 5 heteroatoms. The molecule has 1 heterocycles. The Morgan fingerprint density at radius 1 is 1.22 bits per heavy atom. The molecule has 0 aliphatic heterocycles. The largest absolute Gasteiger partial charge is 0.488 e. The van der Waals surface area contributed by atoms with Crippen LogP contribution in [0, 0.1) is 0 Å². The second kappa shape index (κ2) is 4.14. The molecule has 0 aromatic carbocycles. The summed E-state index contributed by atoms with van der Waals surface area (Å²) < 4.78 is 43.5. The van der Waals surface area contributed by atoms with E-state index in [9.17, 15) is 13.2 Å². The molecule has 1 aromatic rings. The van der Waals surface area contributed by atoms with Gasteiger partial charge in [-0.15, -0.1) is 0 Å².